The highest BCUT2D eigenvalue weighted by Crippen LogP contribution is 2.39. The minimum absolute atomic E-state index is 0.0628. The Morgan fingerprint density at radius 1 is 1.12 bits per heavy atom. The van der Waals surface area contributed by atoms with E-state index in [2.05, 4.69) is 15.9 Å². The zero-order valence-electron chi connectivity index (χ0n) is 18.5. The van der Waals surface area contributed by atoms with Gasteiger partial charge >= 0.3 is 5.97 Å². The topological polar surface area (TPSA) is 60.9 Å². The molecule has 7 heteroatoms. The van der Waals surface area contributed by atoms with Crippen LogP contribution in [0.4, 0.5) is 4.39 Å². The molecule has 0 aromatic heterocycles. The second-order valence-corrected chi connectivity index (χ2v) is 10.1. The number of carboxylic acids is 1. The van der Waals surface area contributed by atoms with Crippen LogP contribution in [0.2, 0.25) is 0 Å². The van der Waals surface area contributed by atoms with Gasteiger partial charge in [-0.3, -0.25) is 19.4 Å². The van der Waals surface area contributed by atoms with E-state index < -0.39 is 12.0 Å². The Bertz CT molecular complexity index is 864. The van der Waals surface area contributed by atoms with Crippen LogP contribution in [-0.4, -0.2) is 64.6 Å². The third-order valence-electron chi connectivity index (χ3n) is 7.10. The van der Waals surface area contributed by atoms with Crippen molar-refractivity contribution in [2.75, 3.05) is 32.7 Å². The van der Waals surface area contributed by atoms with E-state index in [0.717, 1.165) is 58.3 Å². The summed E-state index contributed by atoms with van der Waals surface area (Å²) in [5.74, 6) is -0.542. The fourth-order valence-electron chi connectivity index (χ4n) is 5.00. The number of carbonyl (C=O) groups is 2. The van der Waals surface area contributed by atoms with Crippen LogP contribution in [0.3, 0.4) is 0 Å². The molecule has 1 N–H and O–H groups in total. The normalized spacial score (nSPS) is 25.7. The number of ketones is 1. The van der Waals surface area contributed by atoms with Crippen LogP contribution >= 0.6 is 12.6 Å². The molecule has 3 aliphatic rings. The van der Waals surface area contributed by atoms with Crippen LogP contribution in [0.15, 0.2) is 35.9 Å². The van der Waals surface area contributed by atoms with E-state index in [1.54, 1.807) is 12.1 Å². The quantitative estimate of drug-likeness (QED) is 0.454. The van der Waals surface area contributed by atoms with E-state index >= 15 is 0 Å². The minimum Gasteiger partial charge on any atom is -0.481 e. The van der Waals surface area contributed by atoms with E-state index in [-0.39, 0.29) is 35.1 Å². The highest BCUT2D eigenvalue weighted by atomic mass is 32.1. The first-order chi connectivity index (χ1) is 15.4. The second-order valence-electron chi connectivity index (χ2n) is 9.50. The van der Waals surface area contributed by atoms with Crippen molar-refractivity contribution in [2.45, 2.75) is 49.8 Å². The number of nitrogens with zero attached hydrogens (tertiary/aromatic N) is 2. The van der Waals surface area contributed by atoms with Gasteiger partial charge in [-0.1, -0.05) is 24.3 Å². The van der Waals surface area contributed by atoms with E-state index in [1.165, 1.54) is 11.6 Å². The summed E-state index contributed by atoms with van der Waals surface area (Å²) in [6.07, 6.45) is 6.96. The molecule has 0 radical (unpaired) electrons. The molecule has 2 heterocycles. The summed E-state index contributed by atoms with van der Waals surface area (Å²) >= 11 is 4.79. The average molecular weight is 461 g/mol. The minimum atomic E-state index is -0.712. The second kappa shape index (κ2) is 10.5. The van der Waals surface area contributed by atoms with Crippen molar-refractivity contribution in [1.29, 1.82) is 0 Å². The molecule has 1 saturated carbocycles. The maximum absolute atomic E-state index is 14.7. The zero-order valence-corrected chi connectivity index (χ0v) is 19.4. The van der Waals surface area contributed by atoms with Gasteiger partial charge in [-0.2, -0.15) is 12.6 Å². The number of hydrogen-bond acceptors (Lipinski definition) is 5. The number of benzene rings is 1. The summed E-state index contributed by atoms with van der Waals surface area (Å²) < 4.78 is 14.7. The predicted molar refractivity (Wildman–Crippen MR) is 125 cm³/mol. The first-order valence-electron chi connectivity index (χ1n) is 11.8. The molecule has 0 bridgehead atoms. The van der Waals surface area contributed by atoms with Gasteiger partial charge in [0.1, 0.15) is 5.82 Å². The molecule has 1 aliphatic carbocycles. The largest absolute Gasteiger partial charge is 0.481 e. The smallest absolute Gasteiger partial charge is 0.303 e. The standard InChI is InChI=1S/C25H33FN2O3S/c26-21-4-2-1-3-20(21)24(25(31)18-5-6-18)28-14-10-22(32)19(16-28)9-13-27-11-7-17(8-12-27)15-23(29)30/h1-4,9,17-18,22,24,32H,5-8,10-16H2,(H,29,30). The number of likely N-dealkylation sites (tertiary alicyclic amines) is 2. The van der Waals surface area contributed by atoms with Crippen LogP contribution in [-0.2, 0) is 9.59 Å². The summed E-state index contributed by atoms with van der Waals surface area (Å²) in [6, 6.07) is 6.14. The number of aliphatic carboxylic acids is 1. The van der Waals surface area contributed by atoms with Crippen molar-refractivity contribution in [3.8, 4) is 0 Å². The molecule has 174 valence electrons. The molecule has 5 nitrogen and oxygen atoms in total. The first-order valence-corrected chi connectivity index (χ1v) is 12.3. The molecular formula is C25H33FN2O3S. The molecule has 1 aromatic rings. The predicted octanol–water partition coefficient (Wildman–Crippen LogP) is 3.96. The number of hydrogen-bond donors (Lipinski definition) is 2. The lowest BCUT2D eigenvalue weighted by Crippen LogP contribution is -2.43. The first kappa shape index (κ1) is 23.5. The highest BCUT2D eigenvalue weighted by molar-refractivity contribution is 7.81. The van der Waals surface area contributed by atoms with Crippen LogP contribution in [0.1, 0.15) is 50.1 Å². The molecule has 32 heavy (non-hydrogen) atoms. The van der Waals surface area contributed by atoms with Gasteiger partial charge in [-0.05, 0) is 62.8 Å². The third-order valence-corrected chi connectivity index (χ3v) is 7.69. The molecule has 0 amide bonds. The number of rotatable bonds is 8. The Hall–Kier alpha value is -1.70. The molecule has 2 saturated heterocycles. The molecule has 0 spiro atoms. The van der Waals surface area contributed by atoms with E-state index in [4.69, 9.17) is 17.7 Å². The number of carbonyl (C=O) groups excluding carboxylic acids is 1. The molecule has 2 unspecified atom stereocenters. The number of Topliss-reactive ketones (excluding diaryl/α,β-unsaturated/α-hetero) is 1. The Morgan fingerprint density at radius 2 is 1.84 bits per heavy atom. The summed E-state index contributed by atoms with van der Waals surface area (Å²) in [6.45, 7) is 3.97. The van der Waals surface area contributed by atoms with E-state index in [0.29, 0.717) is 12.1 Å². The SMILES string of the molecule is O=C(O)CC1CCN(CC=C2CN(C(C(=O)C3CC3)c3ccccc3F)CCC2S)CC1. The van der Waals surface area contributed by atoms with E-state index in [1.807, 2.05) is 6.07 Å². The molecule has 2 aliphatic heterocycles. The van der Waals surface area contributed by atoms with Crippen molar-refractivity contribution in [3.63, 3.8) is 0 Å². The van der Waals surface area contributed by atoms with Gasteiger partial charge in [0.15, 0.2) is 5.78 Å². The number of piperidine rings is 2. The van der Waals surface area contributed by atoms with Crippen LogP contribution in [0, 0.1) is 17.7 Å². The maximum atomic E-state index is 14.7. The summed E-state index contributed by atoms with van der Waals surface area (Å²) in [5, 5.41) is 9.14. The van der Waals surface area contributed by atoms with Crippen molar-refractivity contribution in [3.05, 3.63) is 47.3 Å². The molecular weight excluding hydrogens is 427 g/mol. The average Bonchev–Trinajstić information content (AvgIpc) is 3.61. The summed E-state index contributed by atoms with van der Waals surface area (Å²) in [5.41, 5.74) is 1.68. The fourth-order valence-corrected chi connectivity index (χ4v) is 5.30. The van der Waals surface area contributed by atoms with Gasteiger partial charge in [0.05, 0.1) is 6.04 Å². The van der Waals surface area contributed by atoms with Crippen molar-refractivity contribution in [2.24, 2.45) is 11.8 Å². The Kier molecular flexibility index (Phi) is 7.69. The number of carboxylic acid groups (broad SMARTS) is 1. The van der Waals surface area contributed by atoms with Gasteiger partial charge in [0.25, 0.3) is 0 Å². The summed E-state index contributed by atoms with van der Waals surface area (Å²) in [7, 11) is 0. The zero-order chi connectivity index (χ0) is 22.7. The molecule has 2 atom stereocenters. The lowest BCUT2D eigenvalue weighted by molar-refractivity contribution is -0.138. The van der Waals surface area contributed by atoms with Crippen LogP contribution in [0.5, 0.6) is 0 Å². The van der Waals surface area contributed by atoms with Crippen molar-refractivity contribution in [1.82, 2.24) is 9.80 Å². The maximum Gasteiger partial charge on any atom is 0.303 e. The molecule has 1 aromatic carbocycles. The van der Waals surface area contributed by atoms with Gasteiger partial charge < -0.3 is 5.11 Å². The van der Waals surface area contributed by atoms with Gasteiger partial charge in [-0.25, -0.2) is 4.39 Å². The highest BCUT2D eigenvalue weighted by Gasteiger charge is 2.40. The molecule has 3 fully saturated rings. The van der Waals surface area contributed by atoms with Crippen molar-refractivity contribution >= 4 is 24.4 Å². The van der Waals surface area contributed by atoms with Gasteiger partial charge in [0.2, 0.25) is 0 Å². The Balaban J connectivity index is 1.43. The molecule has 4 rings (SSSR count). The van der Waals surface area contributed by atoms with Gasteiger partial charge in [-0.15, -0.1) is 0 Å². The van der Waals surface area contributed by atoms with Crippen molar-refractivity contribution < 1.29 is 19.1 Å². The van der Waals surface area contributed by atoms with E-state index in [9.17, 15) is 14.0 Å². The van der Waals surface area contributed by atoms with Crippen LogP contribution in [0.25, 0.3) is 0 Å². The third kappa shape index (κ3) is 5.80. The van der Waals surface area contributed by atoms with Crippen LogP contribution < -0.4 is 0 Å². The lowest BCUT2D eigenvalue weighted by atomic mass is 9.93. The Morgan fingerprint density at radius 3 is 2.50 bits per heavy atom. The number of halogens is 1. The fraction of sp³-hybridized carbons (Fsp3) is 0.600. The lowest BCUT2D eigenvalue weighted by Gasteiger charge is -2.38. The Labute approximate surface area is 195 Å². The van der Waals surface area contributed by atoms with Gasteiger partial charge in [0, 0.05) is 42.8 Å². The summed E-state index contributed by atoms with van der Waals surface area (Å²) in [4.78, 5) is 28.6. The number of thiol groups is 1. The monoisotopic (exact) mass is 460 g/mol.